The van der Waals surface area contributed by atoms with E-state index in [0.717, 1.165) is 32.0 Å². The average molecular weight is 349 g/mol. The van der Waals surface area contributed by atoms with Crippen molar-refractivity contribution in [3.05, 3.63) is 34.2 Å². The summed E-state index contributed by atoms with van der Waals surface area (Å²) >= 11 is 1.72. The lowest BCUT2D eigenvalue weighted by atomic mass is 10.2. The number of aryl methyl sites for hydroxylation is 2. The molecule has 0 spiro atoms. The molecule has 8 heteroatoms. The van der Waals surface area contributed by atoms with Crippen LogP contribution < -0.4 is 10.6 Å². The number of thiophene rings is 1. The summed E-state index contributed by atoms with van der Waals surface area (Å²) in [5, 5.41) is 12.1. The van der Waals surface area contributed by atoms with Crippen molar-refractivity contribution in [3.63, 3.8) is 0 Å². The Morgan fingerprint density at radius 1 is 1.46 bits per heavy atom. The smallest absolute Gasteiger partial charge is 0.320 e. The highest BCUT2D eigenvalue weighted by molar-refractivity contribution is 7.10. The molecule has 0 saturated carbocycles. The van der Waals surface area contributed by atoms with Crippen LogP contribution in [-0.4, -0.2) is 53.6 Å². The van der Waals surface area contributed by atoms with E-state index in [-0.39, 0.29) is 12.1 Å². The van der Waals surface area contributed by atoms with Gasteiger partial charge in [0.15, 0.2) is 0 Å². The molecule has 0 unspecified atom stereocenters. The van der Waals surface area contributed by atoms with Crippen molar-refractivity contribution in [2.45, 2.75) is 13.0 Å². The number of aromatic nitrogens is 2. The van der Waals surface area contributed by atoms with E-state index in [4.69, 9.17) is 4.74 Å². The van der Waals surface area contributed by atoms with Crippen molar-refractivity contribution in [2.75, 3.05) is 38.2 Å². The fraction of sp³-hybridized carbons (Fsp3) is 0.500. The minimum atomic E-state index is -0.215. The second-order valence-corrected chi connectivity index (χ2v) is 6.79. The summed E-state index contributed by atoms with van der Waals surface area (Å²) in [6.07, 6.45) is 0. The molecule has 1 atom stereocenters. The molecule has 1 saturated heterocycles. The summed E-state index contributed by atoms with van der Waals surface area (Å²) in [5.41, 5.74) is 0.873. The SMILES string of the molecule is Cc1cc(NC(=O)NC[C@H](c2cccs2)N2CCOCC2)n(C)n1. The van der Waals surface area contributed by atoms with Crippen molar-refractivity contribution in [3.8, 4) is 0 Å². The number of anilines is 1. The zero-order valence-corrected chi connectivity index (χ0v) is 14.8. The van der Waals surface area contributed by atoms with Gasteiger partial charge in [0.25, 0.3) is 0 Å². The number of hydrogen-bond donors (Lipinski definition) is 2. The summed E-state index contributed by atoms with van der Waals surface area (Å²) < 4.78 is 7.10. The molecule has 2 aromatic rings. The van der Waals surface area contributed by atoms with Gasteiger partial charge in [-0.1, -0.05) is 6.07 Å². The van der Waals surface area contributed by atoms with Gasteiger partial charge in [0.1, 0.15) is 5.82 Å². The van der Waals surface area contributed by atoms with Crippen molar-refractivity contribution in [2.24, 2.45) is 7.05 Å². The lowest BCUT2D eigenvalue weighted by molar-refractivity contribution is 0.0175. The number of ether oxygens (including phenoxy) is 1. The largest absolute Gasteiger partial charge is 0.379 e. The van der Waals surface area contributed by atoms with E-state index in [1.54, 1.807) is 16.0 Å². The van der Waals surface area contributed by atoms with Crippen LogP contribution in [-0.2, 0) is 11.8 Å². The topological polar surface area (TPSA) is 71.4 Å². The number of amides is 2. The van der Waals surface area contributed by atoms with Crippen LogP contribution in [0.2, 0.25) is 0 Å². The number of carbonyl (C=O) groups excluding carboxylic acids is 1. The van der Waals surface area contributed by atoms with Gasteiger partial charge in [-0.15, -0.1) is 11.3 Å². The highest BCUT2D eigenvalue weighted by atomic mass is 32.1. The van der Waals surface area contributed by atoms with Crippen LogP contribution in [0.25, 0.3) is 0 Å². The third kappa shape index (κ3) is 4.14. The molecular weight excluding hydrogens is 326 g/mol. The molecule has 1 aliphatic heterocycles. The molecule has 24 heavy (non-hydrogen) atoms. The summed E-state index contributed by atoms with van der Waals surface area (Å²) in [5.74, 6) is 0.684. The lowest BCUT2D eigenvalue weighted by Gasteiger charge is -2.34. The van der Waals surface area contributed by atoms with Gasteiger partial charge in [0, 0.05) is 37.6 Å². The zero-order chi connectivity index (χ0) is 16.9. The third-order valence-corrected chi connectivity index (χ3v) is 5.03. The van der Waals surface area contributed by atoms with Gasteiger partial charge in [-0.2, -0.15) is 5.10 Å². The Morgan fingerprint density at radius 2 is 2.25 bits per heavy atom. The van der Waals surface area contributed by atoms with E-state index in [0.29, 0.717) is 12.4 Å². The minimum Gasteiger partial charge on any atom is -0.379 e. The zero-order valence-electron chi connectivity index (χ0n) is 14.0. The molecule has 1 fully saturated rings. The third-order valence-electron chi connectivity index (χ3n) is 4.06. The number of nitrogens with one attached hydrogen (secondary N) is 2. The molecular formula is C16H23N5O2S. The molecule has 0 aromatic carbocycles. The maximum absolute atomic E-state index is 12.2. The molecule has 1 aliphatic rings. The van der Waals surface area contributed by atoms with Gasteiger partial charge in [-0.05, 0) is 18.4 Å². The predicted molar refractivity (Wildman–Crippen MR) is 94.4 cm³/mol. The Hall–Kier alpha value is -1.90. The molecule has 3 rings (SSSR count). The minimum absolute atomic E-state index is 0.174. The Balaban J connectivity index is 1.60. The van der Waals surface area contributed by atoms with Crippen LogP contribution >= 0.6 is 11.3 Å². The van der Waals surface area contributed by atoms with Gasteiger partial charge in [-0.3, -0.25) is 14.9 Å². The van der Waals surface area contributed by atoms with E-state index < -0.39 is 0 Å². The van der Waals surface area contributed by atoms with Crippen LogP contribution in [0.4, 0.5) is 10.6 Å². The first-order chi connectivity index (χ1) is 11.6. The van der Waals surface area contributed by atoms with Gasteiger partial charge in [0.2, 0.25) is 0 Å². The summed E-state index contributed by atoms with van der Waals surface area (Å²) in [4.78, 5) is 15.9. The molecule has 3 heterocycles. The van der Waals surface area contributed by atoms with Crippen LogP contribution in [0.15, 0.2) is 23.6 Å². The number of morpholine rings is 1. The first-order valence-electron chi connectivity index (χ1n) is 8.04. The fourth-order valence-electron chi connectivity index (χ4n) is 2.86. The Kier molecular flexibility index (Phi) is 5.49. The fourth-order valence-corrected chi connectivity index (χ4v) is 3.72. The van der Waals surface area contributed by atoms with Crippen LogP contribution in [0.5, 0.6) is 0 Å². The molecule has 0 radical (unpaired) electrons. The number of hydrogen-bond acceptors (Lipinski definition) is 5. The number of carbonyl (C=O) groups is 1. The van der Waals surface area contributed by atoms with E-state index in [1.807, 2.05) is 26.1 Å². The first-order valence-corrected chi connectivity index (χ1v) is 8.92. The standard InChI is InChI=1S/C16H23N5O2S/c1-12-10-15(20(2)19-12)18-16(22)17-11-13(14-4-3-9-24-14)21-5-7-23-8-6-21/h3-4,9-10,13H,5-8,11H2,1-2H3,(H2,17,18,22)/t13-/m1/s1. The van der Waals surface area contributed by atoms with Gasteiger partial charge in [0.05, 0.1) is 24.9 Å². The number of nitrogens with zero attached hydrogens (tertiary/aromatic N) is 3. The van der Waals surface area contributed by atoms with Crippen LogP contribution in [0.1, 0.15) is 16.6 Å². The van der Waals surface area contributed by atoms with Crippen molar-refractivity contribution >= 4 is 23.2 Å². The molecule has 7 nitrogen and oxygen atoms in total. The van der Waals surface area contributed by atoms with E-state index >= 15 is 0 Å². The van der Waals surface area contributed by atoms with E-state index in [2.05, 4.69) is 32.1 Å². The summed E-state index contributed by atoms with van der Waals surface area (Å²) in [7, 11) is 1.81. The highest BCUT2D eigenvalue weighted by Gasteiger charge is 2.24. The second kappa shape index (κ2) is 7.78. The second-order valence-electron chi connectivity index (χ2n) is 5.81. The molecule has 130 valence electrons. The highest BCUT2D eigenvalue weighted by Crippen LogP contribution is 2.25. The van der Waals surface area contributed by atoms with Crippen molar-refractivity contribution in [1.82, 2.24) is 20.0 Å². The van der Waals surface area contributed by atoms with E-state index in [9.17, 15) is 4.79 Å². The lowest BCUT2D eigenvalue weighted by Crippen LogP contribution is -2.44. The van der Waals surface area contributed by atoms with E-state index in [1.165, 1.54) is 4.88 Å². The molecule has 2 N–H and O–H groups in total. The maximum atomic E-state index is 12.2. The Bertz CT molecular complexity index is 664. The van der Waals surface area contributed by atoms with Crippen LogP contribution in [0.3, 0.4) is 0 Å². The first kappa shape index (κ1) is 16.9. The molecule has 2 aromatic heterocycles. The number of urea groups is 1. The van der Waals surface area contributed by atoms with Crippen molar-refractivity contribution in [1.29, 1.82) is 0 Å². The summed E-state index contributed by atoms with van der Waals surface area (Å²) in [6.45, 7) is 5.70. The number of rotatable bonds is 5. The Morgan fingerprint density at radius 3 is 2.88 bits per heavy atom. The molecule has 0 aliphatic carbocycles. The average Bonchev–Trinajstić information content (AvgIpc) is 3.19. The Labute approximate surface area is 145 Å². The van der Waals surface area contributed by atoms with Crippen LogP contribution in [0, 0.1) is 6.92 Å². The van der Waals surface area contributed by atoms with Gasteiger partial charge < -0.3 is 10.1 Å². The maximum Gasteiger partial charge on any atom is 0.320 e. The normalized spacial score (nSPS) is 16.8. The van der Waals surface area contributed by atoms with Gasteiger partial charge in [-0.25, -0.2) is 4.79 Å². The summed E-state index contributed by atoms with van der Waals surface area (Å²) in [6, 6.07) is 5.97. The monoisotopic (exact) mass is 349 g/mol. The quantitative estimate of drug-likeness (QED) is 0.866. The predicted octanol–water partition coefficient (Wildman–Crippen LogP) is 1.99. The molecule has 0 bridgehead atoms. The van der Waals surface area contributed by atoms with Crippen molar-refractivity contribution < 1.29 is 9.53 Å². The molecule has 2 amide bonds. The van der Waals surface area contributed by atoms with Gasteiger partial charge >= 0.3 is 6.03 Å².